The molecule has 1 amide bonds. The lowest BCUT2D eigenvalue weighted by Gasteiger charge is -2.26. The van der Waals surface area contributed by atoms with Gasteiger partial charge >= 0.3 is 0 Å². The molecule has 3 nitrogen and oxygen atoms in total. The van der Waals surface area contributed by atoms with Gasteiger partial charge in [-0.3, -0.25) is 4.79 Å². The van der Waals surface area contributed by atoms with Crippen LogP contribution < -0.4 is 5.73 Å². The van der Waals surface area contributed by atoms with Crippen LogP contribution in [-0.4, -0.2) is 23.9 Å². The van der Waals surface area contributed by atoms with E-state index in [-0.39, 0.29) is 5.91 Å². The number of nitrogens with two attached hydrogens (primary N) is 1. The summed E-state index contributed by atoms with van der Waals surface area (Å²) in [6.45, 7) is 6.14. The molecule has 19 heavy (non-hydrogen) atoms. The summed E-state index contributed by atoms with van der Waals surface area (Å²) in [4.78, 5) is 14.5. The Bertz CT molecular complexity index is 483. The predicted molar refractivity (Wildman–Crippen MR) is 82.1 cm³/mol. The molecule has 0 aliphatic carbocycles. The van der Waals surface area contributed by atoms with E-state index in [0.29, 0.717) is 21.1 Å². The van der Waals surface area contributed by atoms with Crippen molar-refractivity contribution < 1.29 is 4.79 Å². The second-order valence-corrected chi connectivity index (χ2v) is 6.19. The minimum Gasteiger partial charge on any atom is -0.398 e. The van der Waals surface area contributed by atoms with Gasteiger partial charge in [-0.05, 0) is 52.7 Å². The number of benzene rings is 1. The molecular weight excluding hydrogens is 304 g/mol. The van der Waals surface area contributed by atoms with E-state index in [1.54, 1.807) is 6.07 Å². The number of likely N-dealkylation sites (tertiary alicyclic amines) is 1. The summed E-state index contributed by atoms with van der Waals surface area (Å²) in [6, 6.07) is 5.46. The molecule has 0 aromatic heterocycles. The summed E-state index contributed by atoms with van der Waals surface area (Å²) in [6.07, 6.45) is 3.36. The highest BCUT2D eigenvalue weighted by Crippen LogP contribution is 2.38. The van der Waals surface area contributed by atoms with Gasteiger partial charge in [-0.25, -0.2) is 0 Å². The fourth-order valence-corrected chi connectivity index (χ4v) is 3.25. The van der Waals surface area contributed by atoms with E-state index >= 15 is 0 Å². The molecule has 1 aliphatic rings. The van der Waals surface area contributed by atoms with Crippen LogP contribution >= 0.6 is 15.9 Å². The zero-order chi connectivity index (χ0) is 14.0. The first-order chi connectivity index (χ1) is 9.03. The molecule has 0 saturated carbocycles. The summed E-state index contributed by atoms with van der Waals surface area (Å²) in [5.41, 5.74) is 7.44. The zero-order valence-corrected chi connectivity index (χ0v) is 13.2. The third kappa shape index (κ3) is 2.64. The fourth-order valence-electron chi connectivity index (χ4n) is 2.82. The number of nitrogens with zero attached hydrogens (tertiary/aromatic N) is 1. The van der Waals surface area contributed by atoms with Gasteiger partial charge in [-0.1, -0.05) is 19.9 Å². The molecule has 1 fully saturated rings. The maximum atomic E-state index is 12.6. The molecule has 4 heteroatoms. The van der Waals surface area contributed by atoms with Crippen LogP contribution in [0.15, 0.2) is 22.7 Å². The van der Waals surface area contributed by atoms with Crippen molar-refractivity contribution >= 4 is 27.5 Å². The number of carbonyl (C=O) groups excluding carboxylic acids is 1. The van der Waals surface area contributed by atoms with Crippen LogP contribution in [0.3, 0.4) is 0 Å². The quantitative estimate of drug-likeness (QED) is 0.862. The summed E-state index contributed by atoms with van der Waals surface area (Å²) < 4.78 is 0.713. The predicted octanol–water partition coefficient (Wildman–Crippen LogP) is 3.68. The Kier molecular flexibility index (Phi) is 4.19. The Morgan fingerprint density at radius 1 is 1.42 bits per heavy atom. The zero-order valence-electron chi connectivity index (χ0n) is 11.6. The van der Waals surface area contributed by atoms with Crippen molar-refractivity contribution in [2.45, 2.75) is 33.1 Å². The topological polar surface area (TPSA) is 46.3 Å². The molecule has 0 radical (unpaired) electrons. The monoisotopic (exact) mass is 324 g/mol. The highest BCUT2D eigenvalue weighted by Gasteiger charge is 2.37. The first-order valence-electron chi connectivity index (χ1n) is 6.86. The van der Waals surface area contributed by atoms with E-state index < -0.39 is 0 Å². The van der Waals surface area contributed by atoms with Crippen molar-refractivity contribution in [3.05, 3.63) is 28.2 Å². The molecule has 1 saturated heterocycles. The van der Waals surface area contributed by atoms with Gasteiger partial charge in [-0.15, -0.1) is 0 Å². The number of anilines is 1. The Balaban J connectivity index is 2.20. The molecule has 0 unspecified atom stereocenters. The number of carbonyl (C=O) groups is 1. The smallest absolute Gasteiger partial charge is 0.255 e. The largest absolute Gasteiger partial charge is 0.398 e. The van der Waals surface area contributed by atoms with E-state index in [0.717, 1.165) is 32.4 Å². The fraction of sp³-hybridized carbons (Fsp3) is 0.533. The molecule has 0 bridgehead atoms. The van der Waals surface area contributed by atoms with Crippen LogP contribution in [0.4, 0.5) is 5.69 Å². The van der Waals surface area contributed by atoms with Gasteiger partial charge in [-0.2, -0.15) is 0 Å². The highest BCUT2D eigenvalue weighted by atomic mass is 79.9. The second-order valence-electron chi connectivity index (χ2n) is 5.39. The van der Waals surface area contributed by atoms with Crippen LogP contribution in [0.1, 0.15) is 43.5 Å². The average molecular weight is 325 g/mol. The molecule has 1 heterocycles. The lowest BCUT2D eigenvalue weighted by Crippen LogP contribution is -2.32. The molecule has 2 rings (SSSR count). The van der Waals surface area contributed by atoms with Crippen molar-refractivity contribution in [2.75, 3.05) is 18.8 Å². The Hall–Kier alpha value is -1.03. The minimum atomic E-state index is 0.0861. The van der Waals surface area contributed by atoms with Gasteiger partial charge in [0.25, 0.3) is 5.91 Å². The molecular formula is C15H21BrN2O. The van der Waals surface area contributed by atoms with Gasteiger partial charge in [0.15, 0.2) is 0 Å². The SMILES string of the molecule is CCC1(CC)CCN(C(=O)c2cccc(N)c2Br)C1. The summed E-state index contributed by atoms with van der Waals surface area (Å²) in [7, 11) is 0. The van der Waals surface area contributed by atoms with Crippen LogP contribution in [0.5, 0.6) is 0 Å². The van der Waals surface area contributed by atoms with Crippen molar-refractivity contribution in [1.82, 2.24) is 4.90 Å². The van der Waals surface area contributed by atoms with Crippen LogP contribution in [0, 0.1) is 5.41 Å². The Morgan fingerprint density at radius 3 is 2.68 bits per heavy atom. The van der Waals surface area contributed by atoms with E-state index in [2.05, 4.69) is 29.8 Å². The lowest BCUT2D eigenvalue weighted by atomic mass is 9.82. The first kappa shape index (κ1) is 14.4. The summed E-state index contributed by atoms with van der Waals surface area (Å²) in [5.74, 6) is 0.0861. The molecule has 0 atom stereocenters. The number of nitrogen functional groups attached to an aromatic ring is 1. The van der Waals surface area contributed by atoms with Crippen molar-refractivity contribution in [3.63, 3.8) is 0 Å². The van der Waals surface area contributed by atoms with Gasteiger partial charge in [0.2, 0.25) is 0 Å². The number of amides is 1. The van der Waals surface area contributed by atoms with Gasteiger partial charge in [0.1, 0.15) is 0 Å². The Morgan fingerprint density at radius 2 is 2.11 bits per heavy atom. The molecule has 1 aromatic rings. The second kappa shape index (κ2) is 5.53. The lowest BCUT2D eigenvalue weighted by molar-refractivity contribution is 0.0769. The first-order valence-corrected chi connectivity index (χ1v) is 7.65. The van der Waals surface area contributed by atoms with Crippen LogP contribution in [-0.2, 0) is 0 Å². The third-order valence-corrected chi connectivity index (χ3v) is 5.37. The van der Waals surface area contributed by atoms with Crippen LogP contribution in [0.25, 0.3) is 0 Å². The number of rotatable bonds is 3. The van der Waals surface area contributed by atoms with Crippen LogP contribution in [0.2, 0.25) is 0 Å². The van der Waals surface area contributed by atoms with E-state index in [1.165, 1.54) is 0 Å². The molecule has 0 spiro atoms. The van der Waals surface area contributed by atoms with Gasteiger partial charge < -0.3 is 10.6 Å². The van der Waals surface area contributed by atoms with Crippen molar-refractivity contribution in [3.8, 4) is 0 Å². The van der Waals surface area contributed by atoms with E-state index in [9.17, 15) is 4.79 Å². The van der Waals surface area contributed by atoms with Crippen molar-refractivity contribution in [1.29, 1.82) is 0 Å². The number of halogens is 1. The standard InChI is InChI=1S/C15H21BrN2O/c1-3-15(4-2)8-9-18(10-15)14(19)11-6-5-7-12(17)13(11)16/h5-7H,3-4,8-10,17H2,1-2H3. The maximum absolute atomic E-state index is 12.6. The van der Waals surface area contributed by atoms with Gasteiger partial charge in [0.05, 0.1) is 10.0 Å². The van der Waals surface area contributed by atoms with Gasteiger partial charge in [0, 0.05) is 18.8 Å². The molecule has 2 N–H and O–H groups in total. The Labute approximate surface area is 123 Å². The minimum absolute atomic E-state index is 0.0861. The normalized spacial score (nSPS) is 17.7. The van der Waals surface area contributed by atoms with E-state index in [1.807, 2.05) is 17.0 Å². The summed E-state index contributed by atoms with van der Waals surface area (Å²) >= 11 is 3.42. The number of hydrogen-bond donors (Lipinski definition) is 1. The maximum Gasteiger partial charge on any atom is 0.255 e. The third-order valence-electron chi connectivity index (χ3n) is 4.48. The average Bonchev–Trinajstić information content (AvgIpc) is 2.86. The molecule has 104 valence electrons. The van der Waals surface area contributed by atoms with E-state index in [4.69, 9.17) is 5.73 Å². The summed E-state index contributed by atoms with van der Waals surface area (Å²) in [5, 5.41) is 0. The van der Waals surface area contributed by atoms with Crippen molar-refractivity contribution in [2.24, 2.45) is 5.41 Å². The molecule has 1 aliphatic heterocycles. The molecule has 1 aromatic carbocycles. The highest BCUT2D eigenvalue weighted by molar-refractivity contribution is 9.10. The number of hydrogen-bond acceptors (Lipinski definition) is 2.